The molecule has 0 amide bonds. The van der Waals surface area contributed by atoms with Crippen LogP contribution in [0.3, 0.4) is 0 Å². The molecule has 3 heterocycles. The first-order chi connectivity index (χ1) is 8.72. The Morgan fingerprint density at radius 3 is 2.78 bits per heavy atom. The van der Waals surface area contributed by atoms with Crippen LogP contribution in [0, 0.1) is 6.92 Å². The number of hydrogen-bond donors (Lipinski definition) is 3. The van der Waals surface area contributed by atoms with Crippen molar-refractivity contribution in [1.82, 2.24) is 20.2 Å². The van der Waals surface area contributed by atoms with Gasteiger partial charge in [0, 0.05) is 36.3 Å². The molecule has 3 rings (SSSR count). The first-order valence-electron chi connectivity index (χ1n) is 5.56. The normalized spacial score (nSPS) is 11.1. The predicted octanol–water partition coefficient (Wildman–Crippen LogP) is 2.96. The molecule has 0 aliphatic rings. The summed E-state index contributed by atoms with van der Waals surface area (Å²) in [5.74, 6) is 0. The number of hydrogen-bond acceptors (Lipinski definition) is 3. The van der Waals surface area contributed by atoms with Gasteiger partial charge in [-0.25, -0.2) is 4.98 Å². The summed E-state index contributed by atoms with van der Waals surface area (Å²) in [6.07, 6.45) is 5.35. The van der Waals surface area contributed by atoms with Crippen molar-refractivity contribution in [2.45, 2.75) is 6.92 Å². The molecule has 0 atom stereocenters. The van der Waals surface area contributed by atoms with Crippen LogP contribution in [0.5, 0.6) is 0 Å². The molecular formula is C12H12ClN5. The van der Waals surface area contributed by atoms with Crippen LogP contribution in [0.2, 0.25) is 5.02 Å². The number of pyridine rings is 1. The summed E-state index contributed by atoms with van der Waals surface area (Å²) >= 11 is 6.19. The van der Waals surface area contributed by atoms with E-state index in [2.05, 4.69) is 25.5 Å². The minimum atomic E-state index is 0.657. The molecule has 0 saturated carbocycles. The molecule has 0 fully saturated rings. The summed E-state index contributed by atoms with van der Waals surface area (Å²) in [4.78, 5) is 7.43. The van der Waals surface area contributed by atoms with Gasteiger partial charge in [-0.3, -0.25) is 5.10 Å². The molecule has 3 N–H and O–H groups in total. The van der Waals surface area contributed by atoms with E-state index in [1.54, 1.807) is 12.4 Å². The zero-order valence-corrected chi connectivity index (χ0v) is 10.8. The fourth-order valence-electron chi connectivity index (χ4n) is 2.14. The summed E-state index contributed by atoms with van der Waals surface area (Å²) in [6, 6.07) is 0. The summed E-state index contributed by atoms with van der Waals surface area (Å²) in [7, 11) is 1.87. The molecule has 0 saturated heterocycles. The molecule has 92 valence electrons. The topological polar surface area (TPSA) is 69.4 Å². The first kappa shape index (κ1) is 11.1. The van der Waals surface area contributed by atoms with Crippen LogP contribution >= 0.6 is 11.6 Å². The van der Waals surface area contributed by atoms with Crippen LogP contribution in [0.4, 0.5) is 5.69 Å². The van der Waals surface area contributed by atoms with Gasteiger partial charge in [-0.15, -0.1) is 0 Å². The van der Waals surface area contributed by atoms with Crippen LogP contribution in [-0.4, -0.2) is 27.2 Å². The second-order valence-electron chi connectivity index (χ2n) is 4.07. The van der Waals surface area contributed by atoms with Crippen LogP contribution < -0.4 is 5.32 Å². The number of H-pyrrole nitrogens is 2. The van der Waals surface area contributed by atoms with Crippen LogP contribution in [-0.2, 0) is 0 Å². The van der Waals surface area contributed by atoms with Crippen molar-refractivity contribution in [2.75, 3.05) is 12.4 Å². The summed E-state index contributed by atoms with van der Waals surface area (Å²) in [5, 5.41) is 11.7. The van der Waals surface area contributed by atoms with Gasteiger partial charge >= 0.3 is 0 Å². The van der Waals surface area contributed by atoms with E-state index >= 15 is 0 Å². The van der Waals surface area contributed by atoms with Gasteiger partial charge in [0.05, 0.1) is 22.3 Å². The number of aryl methyl sites for hydroxylation is 1. The second kappa shape index (κ2) is 4.03. The predicted molar refractivity (Wildman–Crippen MR) is 73.0 cm³/mol. The van der Waals surface area contributed by atoms with Crippen molar-refractivity contribution >= 4 is 28.3 Å². The molecule has 0 spiro atoms. The van der Waals surface area contributed by atoms with E-state index in [0.29, 0.717) is 5.02 Å². The molecule has 5 nitrogen and oxygen atoms in total. The van der Waals surface area contributed by atoms with E-state index in [9.17, 15) is 0 Å². The molecule has 0 bridgehead atoms. The largest absolute Gasteiger partial charge is 0.387 e. The van der Waals surface area contributed by atoms with Crippen molar-refractivity contribution in [3.05, 3.63) is 29.3 Å². The number of nitrogens with zero attached hydrogens (tertiary/aromatic N) is 2. The van der Waals surface area contributed by atoms with Gasteiger partial charge in [0.15, 0.2) is 0 Å². The maximum atomic E-state index is 6.19. The first-order valence-corrected chi connectivity index (χ1v) is 5.94. The molecule has 0 unspecified atom stereocenters. The van der Waals surface area contributed by atoms with Gasteiger partial charge in [-0.1, -0.05) is 11.6 Å². The van der Waals surface area contributed by atoms with E-state index < -0.39 is 0 Å². The lowest BCUT2D eigenvalue weighted by Gasteiger charge is -2.09. The monoisotopic (exact) mass is 261 g/mol. The smallest absolute Gasteiger partial charge is 0.140 e. The number of aromatic nitrogens is 4. The highest BCUT2D eigenvalue weighted by atomic mass is 35.5. The quantitative estimate of drug-likeness (QED) is 0.664. The fraction of sp³-hybridized carbons (Fsp3) is 0.167. The zero-order valence-electron chi connectivity index (χ0n) is 10.0. The molecule has 3 aromatic rings. The van der Waals surface area contributed by atoms with Crippen molar-refractivity contribution in [3.8, 4) is 11.1 Å². The average molecular weight is 262 g/mol. The number of aromatic amines is 2. The van der Waals surface area contributed by atoms with Crippen LogP contribution in [0.25, 0.3) is 22.2 Å². The van der Waals surface area contributed by atoms with Gasteiger partial charge in [0.2, 0.25) is 0 Å². The molecule has 6 heteroatoms. The summed E-state index contributed by atoms with van der Waals surface area (Å²) < 4.78 is 0. The SMILES string of the molecule is CNc1c(-c2cn[nH]c2C)cnc2[nH]cc(Cl)c12. The van der Waals surface area contributed by atoms with Gasteiger partial charge in [-0.2, -0.15) is 5.10 Å². The standard InChI is InChI=1S/C12H12ClN5/c1-6-7(4-17-18-6)8-3-15-12-10(11(8)14-2)9(13)5-16-12/h3-5H,1-2H3,(H,17,18)(H2,14,15,16). The van der Waals surface area contributed by atoms with Gasteiger partial charge in [-0.05, 0) is 6.92 Å². The molecule has 3 aromatic heterocycles. The van der Waals surface area contributed by atoms with E-state index in [1.807, 2.05) is 20.2 Å². The van der Waals surface area contributed by atoms with Crippen molar-refractivity contribution in [3.63, 3.8) is 0 Å². The Bertz CT molecular complexity index is 712. The van der Waals surface area contributed by atoms with E-state index in [0.717, 1.165) is 33.5 Å². The highest BCUT2D eigenvalue weighted by Crippen LogP contribution is 2.37. The third-order valence-electron chi connectivity index (χ3n) is 3.02. The van der Waals surface area contributed by atoms with E-state index in [4.69, 9.17) is 11.6 Å². The van der Waals surface area contributed by atoms with Crippen molar-refractivity contribution < 1.29 is 0 Å². The Balaban J connectivity index is 2.36. The Hall–Kier alpha value is -2.01. The maximum Gasteiger partial charge on any atom is 0.140 e. The molecule has 0 aliphatic carbocycles. The molecular weight excluding hydrogens is 250 g/mol. The maximum absolute atomic E-state index is 6.19. The zero-order chi connectivity index (χ0) is 12.7. The number of nitrogens with one attached hydrogen (secondary N) is 3. The Labute approximate surface area is 109 Å². The van der Waals surface area contributed by atoms with Gasteiger partial charge in [0.25, 0.3) is 0 Å². The lowest BCUT2D eigenvalue weighted by molar-refractivity contribution is 1.05. The highest BCUT2D eigenvalue weighted by Gasteiger charge is 2.15. The number of anilines is 1. The molecule has 18 heavy (non-hydrogen) atoms. The lowest BCUT2D eigenvalue weighted by atomic mass is 10.1. The number of halogens is 1. The summed E-state index contributed by atoms with van der Waals surface area (Å²) in [5.41, 5.74) is 4.73. The Morgan fingerprint density at radius 1 is 1.28 bits per heavy atom. The molecule has 0 radical (unpaired) electrons. The summed E-state index contributed by atoms with van der Waals surface area (Å²) in [6.45, 7) is 1.98. The molecule has 0 aromatic carbocycles. The van der Waals surface area contributed by atoms with E-state index in [-0.39, 0.29) is 0 Å². The minimum absolute atomic E-state index is 0.657. The molecule has 0 aliphatic heterocycles. The Kier molecular flexibility index (Phi) is 2.48. The fourth-order valence-corrected chi connectivity index (χ4v) is 2.38. The van der Waals surface area contributed by atoms with E-state index in [1.165, 1.54) is 0 Å². The van der Waals surface area contributed by atoms with Crippen LogP contribution in [0.15, 0.2) is 18.6 Å². The third kappa shape index (κ3) is 1.48. The van der Waals surface area contributed by atoms with Crippen LogP contribution in [0.1, 0.15) is 5.69 Å². The third-order valence-corrected chi connectivity index (χ3v) is 3.32. The second-order valence-corrected chi connectivity index (χ2v) is 4.47. The lowest BCUT2D eigenvalue weighted by Crippen LogP contribution is -1.95. The van der Waals surface area contributed by atoms with Crippen molar-refractivity contribution in [1.29, 1.82) is 0 Å². The average Bonchev–Trinajstić information content (AvgIpc) is 2.95. The van der Waals surface area contributed by atoms with Gasteiger partial charge < -0.3 is 10.3 Å². The highest BCUT2D eigenvalue weighted by molar-refractivity contribution is 6.36. The number of rotatable bonds is 2. The van der Waals surface area contributed by atoms with Crippen molar-refractivity contribution in [2.24, 2.45) is 0 Å². The minimum Gasteiger partial charge on any atom is -0.387 e. The van der Waals surface area contributed by atoms with Gasteiger partial charge in [0.1, 0.15) is 5.65 Å². The Morgan fingerprint density at radius 2 is 2.11 bits per heavy atom. The number of fused-ring (bicyclic) bond motifs is 1.